The second kappa shape index (κ2) is 5.87. The second-order valence-corrected chi connectivity index (χ2v) is 5.09. The Bertz CT molecular complexity index is 353. The van der Waals surface area contributed by atoms with Gasteiger partial charge in [0.15, 0.2) is 0 Å². The molecule has 1 unspecified atom stereocenters. The Hall–Kier alpha value is -0.280. The fourth-order valence-electron chi connectivity index (χ4n) is 1.57. The van der Waals surface area contributed by atoms with E-state index in [9.17, 15) is 5.11 Å². The van der Waals surface area contributed by atoms with Gasteiger partial charge in [0, 0.05) is 6.42 Å². The van der Waals surface area contributed by atoms with Crippen molar-refractivity contribution in [2.24, 2.45) is 0 Å². The smallest absolute Gasteiger partial charge is 0.0672 e. The maximum atomic E-state index is 10.1. The molecule has 0 radical (unpaired) electrons. The van der Waals surface area contributed by atoms with E-state index in [0.717, 1.165) is 12.1 Å². The predicted octanol–water partition coefficient (Wildman–Crippen LogP) is 2.90. The number of nitrogens with one attached hydrogen (secondary N) is 1. The zero-order valence-corrected chi connectivity index (χ0v) is 11.1. The van der Waals surface area contributed by atoms with Crippen LogP contribution in [0.2, 0.25) is 10.0 Å². The summed E-state index contributed by atoms with van der Waals surface area (Å²) in [4.78, 5) is 0. The molecule has 0 amide bonds. The van der Waals surface area contributed by atoms with Gasteiger partial charge >= 0.3 is 0 Å². The summed E-state index contributed by atoms with van der Waals surface area (Å²) in [6, 6.07) is 5.45. The normalized spacial score (nSPS) is 14.8. The average Bonchev–Trinajstić information content (AvgIpc) is 2.20. The molecule has 0 heterocycles. The molecule has 1 rings (SSSR count). The minimum absolute atomic E-state index is 0.531. The van der Waals surface area contributed by atoms with Gasteiger partial charge in [-0.3, -0.25) is 0 Å². The van der Waals surface area contributed by atoms with Crippen LogP contribution in [0.25, 0.3) is 0 Å². The van der Waals surface area contributed by atoms with Crippen LogP contribution in [0, 0.1) is 0 Å². The van der Waals surface area contributed by atoms with Crippen molar-refractivity contribution in [1.82, 2.24) is 5.32 Å². The number of rotatable bonds is 5. The fraction of sp³-hybridized carbons (Fsp3) is 0.500. The second-order valence-electron chi connectivity index (χ2n) is 4.28. The topological polar surface area (TPSA) is 32.3 Å². The monoisotopic (exact) mass is 261 g/mol. The molecule has 0 aliphatic heterocycles. The third-order valence-corrected chi connectivity index (χ3v) is 3.22. The quantitative estimate of drug-likeness (QED) is 0.855. The highest BCUT2D eigenvalue weighted by atomic mass is 35.5. The third-order valence-electron chi connectivity index (χ3n) is 2.48. The van der Waals surface area contributed by atoms with Crippen LogP contribution in [0.1, 0.15) is 18.9 Å². The number of hydrogen-bond donors (Lipinski definition) is 2. The molecule has 2 N–H and O–H groups in total. The van der Waals surface area contributed by atoms with Gasteiger partial charge in [-0.2, -0.15) is 0 Å². The first-order valence-corrected chi connectivity index (χ1v) is 6.01. The SMILES string of the molecule is CNCCC(C)(O)Cc1ccc(Cl)c(Cl)c1. The molecule has 0 aliphatic carbocycles. The Labute approximate surface area is 107 Å². The molecular formula is C12H17Cl2NO. The van der Waals surface area contributed by atoms with Gasteiger partial charge in [0.1, 0.15) is 0 Å². The van der Waals surface area contributed by atoms with Crippen LogP contribution < -0.4 is 5.32 Å². The maximum absolute atomic E-state index is 10.1. The summed E-state index contributed by atoms with van der Waals surface area (Å²) in [5.41, 5.74) is 0.274. The Morgan fingerprint density at radius 2 is 2.00 bits per heavy atom. The average molecular weight is 262 g/mol. The lowest BCUT2D eigenvalue weighted by Gasteiger charge is -2.23. The van der Waals surface area contributed by atoms with Gasteiger partial charge in [-0.05, 0) is 44.6 Å². The largest absolute Gasteiger partial charge is 0.390 e. The first-order valence-electron chi connectivity index (χ1n) is 5.25. The lowest BCUT2D eigenvalue weighted by molar-refractivity contribution is 0.0520. The summed E-state index contributed by atoms with van der Waals surface area (Å²) in [6.45, 7) is 2.61. The third kappa shape index (κ3) is 4.30. The fourth-order valence-corrected chi connectivity index (χ4v) is 1.89. The van der Waals surface area contributed by atoms with E-state index in [4.69, 9.17) is 23.2 Å². The van der Waals surface area contributed by atoms with E-state index in [0.29, 0.717) is 22.9 Å². The van der Waals surface area contributed by atoms with Crippen molar-refractivity contribution in [2.45, 2.75) is 25.4 Å². The molecule has 0 fully saturated rings. The van der Waals surface area contributed by atoms with Crippen LogP contribution in [0.3, 0.4) is 0 Å². The lowest BCUT2D eigenvalue weighted by atomic mass is 9.93. The Kier molecular flexibility index (Phi) is 5.06. The molecule has 0 saturated heterocycles. The predicted molar refractivity (Wildman–Crippen MR) is 69.3 cm³/mol. The van der Waals surface area contributed by atoms with E-state index < -0.39 is 5.60 Å². The summed E-state index contributed by atoms with van der Waals surface area (Å²) in [5, 5.41) is 14.2. The zero-order valence-electron chi connectivity index (χ0n) is 9.56. The van der Waals surface area contributed by atoms with Gasteiger partial charge in [-0.15, -0.1) is 0 Å². The number of aliphatic hydroxyl groups is 1. The van der Waals surface area contributed by atoms with Crippen LogP contribution in [-0.4, -0.2) is 24.3 Å². The van der Waals surface area contributed by atoms with Crippen molar-refractivity contribution in [3.8, 4) is 0 Å². The first kappa shape index (κ1) is 13.8. The van der Waals surface area contributed by atoms with E-state index in [1.807, 2.05) is 20.0 Å². The first-order chi connectivity index (χ1) is 7.44. The molecule has 1 atom stereocenters. The number of hydrogen-bond acceptors (Lipinski definition) is 2. The van der Waals surface area contributed by atoms with Gasteiger partial charge in [-0.25, -0.2) is 0 Å². The van der Waals surface area contributed by atoms with E-state index in [-0.39, 0.29) is 0 Å². The van der Waals surface area contributed by atoms with Crippen LogP contribution >= 0.6 is 23.2 Å². The van der Waals surface area contributed by atoms with Crippen molar-refractivity contribution in [2.75, 3.05) is 13.6 Å². The Morgan fingerprint density at radius 3 is 2.56 bits per heavy atom. The van der Waals surface area contributed by atoms with Crippen LogP contribution in [0.5, 0.6) is 0 Å². The summed E-state index contributed by atoms with van der Waals surface area (Å²) in [6.07, 6.45) is 1.27. The molecule has 2 nitrogen and oxygen atoms in total. The van der Waals surface area contributed by atoms with Crippen LogP contribution in [0.4, 0.5) is 0 Å². The van der Waals surface area contributed by atoms with Crippen LogP contribution in [0.15, 0.2) is 18.2 Å². The van der Waals surface area contributed by atoms with Crippen molar-refractivity contribution in [3.63, 3.8) is 0 Å². The van der Waals surface area contributed by atoms with Crippen molar-refractivity contribution in [3.05, 3.63) is 33.8 Å². The highest BCUT2D eigenvalue weighted by Crippen LogP contribution is 2.25. The lowest BCUT2D eigenvalue weighted by Crippen LogP contribution is -2.31. The molecule has 0 spiro atoms. The molecule has 90 valence electrons. The van der Waals surface area contributed by atoms with Gasteiger partial charge in [0.25, 0.3) is 0 Å². The molecule has 0 aromatic heterocycles. The van der Waals surface area contributed by atoms with Gasteiger partial charge in [-0.1, -0.05) is 29.3 Å². The zero-order chi connectivity index (χ0) is 12.2. The molecule has 1 aromatic rings. The van der Waals surface area contributed by atoms with E-state index in [2.05, 4.69) is 5.32 Å². The molecule has 4 heteroatoms. The summed E-state index contributed by atoms with van der Waals surface area (Å²) in [5.74, 6) is 0. The highest BCUT2D eigenvalue weighted by molar-refractivity contribution is 6.42. The van der Waals surface area contributed by atoms with E-state index >= 15 is 0 Å². The molecule has 1 aromatic carbocycles. The van der Waals surface area contributed by atoms with Crippen molar-refractivity contribution < 1.29 is 5.11 Å². The summed E-state index contributed by atoms with van der Waals surface area (Å²) >= 11 is 11.8. The summed E-state index contributed by atoms with van der Waals surface area (Å²) in [7, 11) is 1.87. The highest BCUT2D eigenvalue weighted by Gasteiger charge is 2.20. The van der Waals surface area contributed by atoms with Gasteiger partial charge in [0.05, 0.1) is 15.6 Å². The Morgan fingerprint density at radius 1 is 1.31 bits per heavy atom. The standard InChI is InChI=1S/C12H17Cl2NO/c1-12(16,5-6-15-2)8-9-3-4-10(13)11(14)7-9/h3-4,7,15-16H,5-6,8H2,1-2H3. The van der Waals surface area contributed by atoms with Crippen molar-refractivity contribution >= 4 is 23.2 Å². The summed E-state index contributed by atoms with van der Waals surface area (Å²) < 4.78 is 0. The minimum atomic E-state index is -0.722. The van der Waals surface area contributed by atoms with E-state index in [1.165, 1.54) is 0 Å². The Balaban J connectivity index is 2.68. The molecule has 0 saturated carbocycles. The van der Waals surface area contributed by atoms with E-state index in [1.54, 1.807) is 12.1 Å². The van der Waals surface area contributed by atoms with Crippen molar-refractivity contribution in [1.29, 1.82) is 0 Å². The molecule has 0 aliphatic rings. The minimum Gasteiger partial charge on any atom is -0.390 e. The molecule has 0 bridgehead atoms. The molecule has 16 heavy (non-hydrogen) atoms. The van der Waals surface area contributed by atoms with Gasteiger partial charge < -0.3 is 10.4 Å². The van der Waals surface area contributed by atoms with Crippen LogP contribution in [-0.2, 0) is 6.42 Å². The molecular weight excluding hydrogens is 245 g/mol. The number of halogens is 2. The van der Waals surface area contributed by atoms with Gasteiger partial charge in [0.2, 0.25) is 0 Å². The number of benzene rings is 1. The maximum Gasteiger partial charge on any atom is 0.0672 e.